The summed E-state index contributed by atoms with van der Waals surface area (Å²) in [7, 11) is 0. The predicted molar refractivity (Wildman–Crippen MR) is 104 cm³/mol. The van der Waals surface area contributed by atoms with Gasteiger partial charge in [0.05, 0.1) is 5.69 Å². The van der Waals surface area contributed by atoms with Gasteiger partial charge < -0.3 is 19.3 Å². The van der Waals surface area contributed by atoms with Crippen molar-refractivity contribution in [2.75, 3.05) is 31.1 Å². The molecule has 6 heteroatoms. The van der Waals surface area contributed by atoms with Crippen molar-refractivity contribution in [2.24, 2.45) is 0 Å². The van der Waals surface area contributed by atoms with Gasteiger partial charge in [0.1, 0.15) is 17.5 Å². The molecule has 2 heterocycles. The average Bonchev–Trinajstić information content (AvgIpc) is 3.10. The maximum absolute atomic E-state index is 12.2. The van der Waals surface area contributed by atoms with E-state index in [9.17, 15) is 4.79 Å². The molecule has 0 N–H and O–H groups in total. The van der Waals surface area contributed by atoms with E-state index in [1.807, 2.05) is 39.0 Å². The molecule has 2 aliphatic rings. The molecule has 2 aliphatic heterocycles. The first kappa shape index (κ1) is 19.2. The molecule has 2 fully saturated rings. The van der Waals surface area contributed by atoms with E-state index in [4.69, 9.17) is 21.1 Å². The fraction of sp³-hybridized carbons (Fsp3) is 0.650. The van der Waals surface area contributed by atoms with Crippen LogP contribution in [0.3, 0.4) is 0 Å². The van der Waals surface area contributed by atoms with Gasteiger partial charge in [-0.3, -0.25) is 0 Å². The molecule has 26 heavy (non-hydrogen) atoms. The smallest absolute Gasteiger partial charge is 0.410 e. The molecule has 144 valence electrons. The summed E-state index contributed by atoms with van der Waals surface area (Å²) in [6.07, 6.45) is 3.90. The maximum Gasteiger partial charge on any atom is 0.410 e. The normalized spacial score (nSPS) is 18.9. The Balaban J connectivity index is 1.59. The molecule has 0 saturated carbocycles. The molecule has 2 saturated heterocycles. The van der Waals surface area contributed by atoms with Crippen LogP contribution in [-0.4, -0.2) is 48.9 Å². The van der Waals surface area contributed by atoms with Crippen molar-refractivity contribution in [3.05, 3.63) is 23.2 Å². The zero-order valence-electron chi connectivity index (χ0n) is 16.0. The van der Waals surface area contributed by atoms with Crippen molar-refractivity contribution in [1.82, 2.24) is 4.90 Å². The van der Waals surface area contributed by atoms with Gasteiger partial charge in [0, 0.05) is 44.0 Å². The highest BCUT2D eigenvalue weighted by Crippen LogP contribution is 2.35. The van der Waals surface area contributed by atoms with Gasteiger partial charge in [0.15, 0.2) is 0 Å². The zero-order valence-corrected chi connectivity index (χ0v) is 16.7. The van der Waals surface area contributed by atoms with Crippen LogP contribution in [0.2, 0.25) is 5.02 Å². The Hall–Kier alpha value is -1.62. The molecule has 3 rings (SSSR count). The van der Waals surface area contributed by atoms with Gasteiger partial charge in [0.25, 0.3) is 0 Å². The third-order valence-corrected chi connectivity index (χ3v) is 4.99. The van der Waals surface area contributed by atoms with E-state index < -0.39 is 5.60 Å². The number of anilines is 1. The number of carbonyl (C=O) groups is 1. The molecule has 0 spiro atoms. The summed E-state index contributed by atoms with van der Waals surface area (Å²) in [6, 6.07) is 5.85. The number of hydrogen-bond acceptors (Lipinski definition) is 4. The molecule has 0 radical (unpaired) electrons. The number of ether oxygens (including phenoxy) is 2. The van der Waals surface area contributed by atoms with Gasteiger partial charge in [0.2, 0.25) is 0 Å². The minimum atomic E-state index is -0.460. The summed E-state index contributed by atoms with van der Waals surface area (Å²) in [6.45, 7) is 9.09. The van der Waals surface area contributed by atoms with E-state index in [0.717, 1.165) is 42.4 Å². The second-order valence-electron chi connectivity index (χ2n) is 8.09. The Bertz CT molecular complexity index is 630. The fourth-order valence-corrected chi connectivity index (χ4v) is 3.62. The van der Waals surface area contributed by atoms with Gasteiger partial charge in [-0.1, -0.05) is 11.6 Å². The number of nitrogens with zero attached hydrogens (tertiary/aromatic N) is 2. The lowest BCUT2D eigenvalue weighted by Crippen LogP contribution is -2.44. The number of amides is 1. The Morgan fingerprint density at radius 1 is 1.12 bits per heavy atom. The van der Waals surface area contributed by atoms with Gasteiger partial charge in [-0.2, -0.15) is 0 Å². The molecule has 5 nitrogen and oxygen atoms in total. The van der Waals surface area contributed by atoms with Crippen LogP contribution in [0.15, 0.2) is 18.2 Å². The van der Waals surface area contributed by atoms with Crippen LogP contribution in [0.4, 0.5) is 10.5 Å². The molecular weight excluding hydrogens is 352 g/mol. The number of rotatable bonds is 3. The molecule has 1 aromatic carbocycles. The Labute approximate surface area is 161 Å². The molecule has 0 aromatic heterocycles. The third kappa shape index (κ3) is 4.97. The zero-order chi connectivity index (χ0) is 18.7. The first-order valence-corrected chi connectivity index (χ1v) is 9.89. The highest BCUT2D eigenvalue weighted by atomic mass is 35.5. The number of likely N-dealkylation sites (tertiary alicyclic amines) is 1. The molecule has 1 amide bonds. The van der Waals surface area contributed by atoms with Crippen molar-refractivity contribution >= 4 is 23.4 Å². The van der Waals surface area contributed by atoms with Crippen molar-refractivity contribution < 1.29 is 14.3 Å². The lowest BCUT2D eigenvalue weighted by molar-refractivity contribution is 0.0127. The van der Waals surface area contributed by atoms with E-state index in [1.54, 1.807) is 4.90 Å². The maximum atomic E-state index is 12.2. The van der Waals surface area contributed by atoms with Crippen LogP contribution in [0.25, 0.3) is 0 Å². The van der Waals surface area contributed by atoms with Crippen LogP contribution in [0.5, 0.6) is 5.75 Å². The van der Waals surface area contributed by atoms with E-state index in [2.05, 4.69) is 4.90 Å². The average molecular weight is 381 g/mol. The highest BCUT2D eigenvalue weighted by Gasteiger charge is 2.28. The van der Waals surface area contributed by atoms with Gasteiger partial charge in [-0.25, -0.2) is 4.79 Å². The Kier molecular flexibility index (Phi) is 5.86. The quantitative estimate of drug-likeness (QED) is 0.760. The number of carbonyl (C=O) groups excluding carboxylic acids is 1. The SMILES string of the molecule is CC(C)(C)OC(=O)N1CCC(Oc2ccc(Cl)cc2N2CCCC2)CC1. The molecule has 0 aliphatic carbocycles. The first-order valence-electron chi connectivity index (χ1n) is 9.51. The van der Waals surface area contributed by atoms with E-state index in [1.165, 1.54) is 12.8 Å². The van der Waals surface area contributed by atoms with E-state index in [0.29, 0.717) is 13.1 Å². The Morgan fingerprint density at radius 3 is 2.38 bits per heavy atom. The largest absolute Gasteiger partial charge is 0.488 e. The topological polar surface area (TPSA) is 42.0 Å². The summed E-state index contributed by atoms with van der Waals surface area (Å²) < 4.78 is 11.8. The minimum absolute atomic E-state index is 0.108. The van der Waals surface area contributed by atoms with Crippen LogP contribution >= 0.6 is 11.6 Å². The molecule has 1 aromatic rings. The standard InChI is InChI=1S/C20H29ClN2O3/c1-20(2,3)26-19(24)23-12-8-16(9-13-23)25-18-7-6-15(21)14-17(18)22-10-4-5-11-22/h6-7,14,16H,4-5,8-13H2,1-3H3. The summed E-state index contributed by atoms with van der Waals surface area (Å²) in [5, 5.41) is 0.735. The number of piperidine rings is 1. The molecule has 0 unspecified atom stereocenters. The molecular formula is C20H29ClN2O3. The second kappa shape index (κ2) is 7.95. The van der Waals surface area contributed by atoms with Crippen molar-refractivity contribution in [3.8, 4) is 5.75 Å². The highest BCUT2D eigenvalue weighted by molar-refractivity contribution is 6.30. The fourth-order valence-electron chi connectivity index (χ4n) is 3.46. The third-order valence-electron chi connectivity index (χ3n) is 4.76. The lowest BCUT2D eigenvalue weighted by Gasteiger charge is -2.34. The molecule has 0 atom stereocenters. The Morgan fingerprint density at radius 2 is 1.77 bits per heavy atom. The summed E-state index contributed by atoms with van der Waals surface area (Å²) in [4.78, 5) is 16.3. The van der Waals surface area contributed by atoms with E-state index in [-0.39, 0.29) is 12.2 Å². The minimum Gasteiger partial charge on any atom is -0.488 e. The van der Waals surface area contributed by atoms with Crippen molar-refractivity contribution in [1.29, 1.82) is 0 Å². The van der Waals surface area contributed by atoms with Crippen LogP contribution in [-0.2, 0) is 4.74 Å². The van der Waals surface area contributed by atoms with Gasteiger partial charge in [-0.05, 0) is 51.8 Å². The predicted octanol–water partition coefficient (Wildman–Crippen LogP) is 4.72. The summed E-state index contributed by atoms with van der Waals surface area (Å²) in [5.41, 5.74) is 0.628. The van der Waals surface area contributed by atoms with Crippen LogP contribution in [0.1, 0.15) is 46.5 Å². The number of hydrogen-bond donors (Lipinski definition) is 0. The second-order valence-corrected chi connectivity index (χ2v) is 8.53. The van der Waals surface area contributed by atoms with Crippen LogP contribution < -0.4 is 9.64 Å². The van der Waals surface area contributed by atoms with Crippen molar-refractivity contribution in [2.45, 2.75) is 58.2 Å². The summed E-state index contributed by atoms with van der Waals surface area (Å²) >= 11 is 6.20. The lowest BCUT2D eigenvalue weighted by atomic mass is 10.1. The summed E-state index contributed by atoms with van der Waals surface area (Å²) in [5.74, 6) is 0.895. The first-order chi connectivity index (χ1) is 12.3. The monoisotopic (exact) mass is 380 g/mol. The van der Waals surface area contributed by atoms with E-state index >= 15 is 0 Å². The van der Waals surface area contributed by atoms with Gasteiger partial charge >= 0.3 is 6.09 Å². The van der Waals surface area contributed by atoms with Crippen molar-refractivity contribution in [3.63, 3.8) is 0 Å². The van der Waals surface area contributed by atoms with Crippen LogP contribution in [0, 0.1) is 0 Å². The number of benzene rings is 1. The van der Waals surface area contributed by atoms with Gasteiger partial charge in [-0.15, -0.1) is 0 Å². The molecule has 0 bridgehead atoms. The number of halogens is 1.